The molecule has 3 heterocycles. The van der Waals surface area contributed by atoms with Crippen LogP contribution in [0.2, 0.25) is 0 Å². The van der Waals surface area contributed by atoms with Crippen molar-refractivity contribution in [3.63, 3.8) is 0 Å². The van der Waals surface area contributed by atoms with Crippen LogP contribution < -0.4 is 0 Å². The van der Waals surface area contributed by atoms with E-state index in [1.54, 1.807) is 34.3 Å². The summed E-state index contributed by atoms with van der Waals surface area (Å²) in [4.78, 5) is 35.7. The summed E-state index contributed by atoms with van der Waals surface area (Å²) in [5.74, 6) is 0.135. The molecule has 1 N–H and O–H groups in total. The first-order chi connectivity index (χ1) is 11.7. The van der Waals surface area contributed by atoms with Crippen LogP contribution in [0, 0.1) is 0 Å². The fraction of sp³-hybridized carbons (Fsp3) is 0.235. The summed E-state index contributed by atoms with van der Waals surface area (Å²) in [5.41, 5.74) is 2.10. The molecular formula is C17H16N4O3. The Labute approximate surface area is 137 Å². The molecule has 0 spiro atoms. The summed E-state index contributed by atoms with van der Waals surface area (Å²) in [6, 6.07) is 8.85. The third kappa shape index (κ3) is 2.44. The molecule has 122 valence electrons. The number of amides is 2. The normalized spacial score (nSPS) is 15.0. The van der Waals surface area contributed by atoms with Gasteiger partial charge in [-0.1, -0.05) is 6.07 Å². The van der Waals surface area contributed by atoms with E-state index >= 15 is 0 Å². The number of nitrogens with zero attached hydrogens (tertiary/aromatic N) is 3. The van der Waals surface area contributed by atoms with Gasteiger partial charge in [-0.15, -0.1) is 0 Å². The van der Waals surface area contributed by atoms with Crippen molar-refractivity contribution >= 4 is 22.8 Å². The molecule has 1 aliphatic heterocycles. The van der Waals surface area contributed by atoms with E-state index in [-0.39, 0.29) is 11.8 Å². The second-order valence-electron chi connectivity index (χ2n) is 5.67. The van der Waals surface area contributed by atoms with Crippen molar-refractivity contribution in [3.8, 4) is 0 Å². The number of para-hydroxylation sites is 1. The molecule has 2 amide bonds. The number of carbonyl (C=O) groups excluding carboxylic acids is 2. The van der Waals surface area contributed by atoms with E-state index in [1.807, 2.05) is 12.1 Å². The third-order valence-corrected chi connectivity index (χ3v) is 4.27. The quantitative estimate of drug-likeness (QED) is 0.778. The number of piperazine rings is 1. The Balaban J connectivity index is 1.47. The third-order valence-electron chi connectivity index (χ3n) is 4.27. The molecule has 24 heavy (non-hydrogen) atoms. The van der Waals surface area contributed by atoms with Crippen LogP contribution in [0.1, 0.15) is 20.9 Å². The van der Waals surface area contributed by atoms with Crippen molar-refractivity contribution in [2.75, 3.05) is 26.2 Å². The zero-order chi connectivity index (χ0) is 16.5. The molecule has 7 heteroatoms. The molecule has 0 unspecified atom stereocenters. The van der Waals surface area contributed by atoms with E-state index < -0.39 is 0 Å². The molecule has 7 nitrogen and oxygen atoms in total. The number of nitrogens with one attached hydrogen (secondary N) is 1. The Hall–Kier alpha value is -3.09. The average molecular weight is 324 g/mol. The first kappa shape index (κ1) is 14.5. The van der Waals surface area contributed by atoms with Gasteiger partial charge in [0.25, 0.3) is 11.8 Å². The molecule has 0 bridgehead atoms. The van der Waals surface area contributed by atoms with Gasteiger partial charge < -0.3 is 19.2 Å². The van der Waals surface area contributed by atoms with E-state index in [9.17, 15) is 9.59 Å². The van der Waals surface area contributed by atoms with Gasteiger partial charge in [-0.05, 0) is 24.3 Å². The minimum atomic E-state index is -0.137. The number of H-pyrrole nitrogens is 1. The molecule has 3 aromatic rings. The van der Waals surface area contributed by atoms with Gasteiger partial charge in [0.2, 0.25) is 0 Å². The van der Waals surface area contributed by atoms with Crippen molar-refractivity contribution in [1.29, 1.82) is 0 Å². The fourth-order valence-corrected chi connectivity index (χ4v) is 2.98. The highest BCUT2D eigenvalue weighted by Crippen LogP contribution is 2.18. The van der Waals surface area contributed by atoms with E-state index in [2.05, 4.69) is 9.97 Å². The Morgan fingerprint density at radius 2 is 1.75 bits per heavy atom. The number of furan rings is 1. The van der Waals surface area contributed by atoms with Crippen molar-refractivity contribution in [2.24, 2.45) is 0 Å². The van der Waals surface area contributed by atoms with Crippen molar-refractivity contribution in [3.05, 3.63) is 54.2 Å². The highest BCUT2D eigenvalue weighted by Gasteiger charge is 2.27. The van der Waals surface area contributed by atoms with Crippen LogP contribution >= 0.6 is 0 Å². The van der Waals surface area contributed by atoms with Crippen molar-refractivity contribution < 1.29 is 14.0 Å². The number of imidazole rings is 1. The molecule has 2 aromatic heterocycles. The van der Waals surface area contributed by atoms with Crippen molar-refractivity contribution in [2.45, 2.75) is 0 Å². The SMILES string of the molecule is O=C(c1ccco1)N1CCN(C(=O)c2cccc3[nH]cnc23)CC1. The maximum atomic E-state index is 12.8. The van der Waals surface area contributed by atoms with Gasteiger partial charge in [-0.3, -0.25) is 9.59 Å². The highest BCUT2D eigenvalue weighted by atomic mass is 16.3. The molecule has 1 aromatic carbocycles. The fourth-order valence-electron chi connectivity index (χ4n) is 2.98. The van der Waals surface area contributed by atoms with Gasteiger partial charge in [0.05, 0.1) is 23.7 Å². The summed E-state index contributed by atoms with van der Waals surface area (Å²) in [7, 11) is 0. The van der Waals surface area contributed by atoms with Crippen LogP contribution in [0.3, 0.4) is 0 Å². The Morgan fingerprint density at radius 3 is 2.46 bits per heavy atom. The van der Waals surface area contributed by atoms with E-state index in [4.69, 9.17) is 4.42 Å². The van der Waals surface area contributed by atoms with Crippen LogP contribution in [0.15, 0.2) is 47.3 Å². The first-order valence-electron chi connectivity index (χ1n) is 7.78. The minimum absolute atomic E-state index is 0.0576. The standard InChI is InChI=1S/C17H16N4O3/c22-16(12-3-1-4-13-15(12)19-11-18-13)20-6-8-21(9-7-20)17(23)14-5-2-10-24-14/h1-5,10-11H,6-9H2,(H,18,19). The van der Waals surface area contributed by atoms with E-state index in [1.165, 1.54) is 6.26 Å². The molecule has 1 aliphatic rings. The monoisotopic (exact) mass is 324 g/mol. The van der Waals surface area contributed by atoms with Crippen LogP contribution in [0.25, 0.3) is 11.0 Å². The maximum absolute atomic E-state index is 12.8. The van der Waals surface area contributed by atoms with E-state index in [0.717, 1.165) is 5.52 Å². The molecular weight excluding hydrogens is 308 g/mol. The smallest absolute Gasteiger partial charge is 0.289 e. The Kier molecular flexibility index (Phi) is 3.53. The largest absolute Gasteiger partial charge is 0.459 e. The number of benzene rings is 1. The van der Waals surface area contributed by atoms with Gasteiger partial charge >= 0.3 is 0 Å². The summed E-state index contributed by atoms with van der Waals surface area (Å²) in [5, 5.41) is 0. The molecule has 1 saturated heterocycles. The Bertz CT molecular complexity index is 876. The highest BCUT2D eigenvalue weighted by molar-refractivity contribution is 6.04. The van der Waals surface area contributed by atoms with Gasteiger partial charge in [0.15, 0.2) is 5.76 Å². The second-order valence-corrected chi connectivity index (χ2v) is 5.67. The lowest BCUT2D eigenvalue weighted by molar-refractivity contribution is 0.0519. The lowest BCUT2D eigenvalue weighted by Crippen LogP contribution is -2.50. The van der Waals surface area contributed by atoms with Crippen LogP contribution in [-0.4, -0.2) is 57.8 Å². The summed E-state index contributed by atoms with van der Waals surface area (Å²) in [6.07, 6.45) is 3.07. The maximum Gasteiger partial charge on any atom is 0.289 e. The predicted molar refractivity (Wildman–Crippen MR) is 86.6 cm³/mol. The zero-order valence-electron chi connectivity index (χ0n) is 12.9. The topological polar surface area (TPSA) is 82.4 Å². The molecule has 0 atom stereocenters. The molecule has 0 saturated carbocycles. The van der Waals surface area contributed by atoms with Gasteiger partial charge in [-0.25, -0.2) is 4.98 Å². The number of carbonyl (C=O) groups is 2. The zero-order valence-corrected chi connectivity index (χ0v) is 12.9. The number of fused-ring (bicyclic) bond motifs is 1. The Morgan fingerprint density at radius 1 is 1.00 bits per heavy atom. The van der Waals surface area contributed by atoms with E-state index in [0.29, 0.717) is 43.0 Å². The van der Waals surface area contributed by atoms with Gasteiger partial charge in [0.1, 0.15) is 5.52 Å². The second kappa shape index (κ2) is 5.84. The predicted octanol–water partition coefficient (Wildman–Crippen LogP) is 1.75. The summed E-state index contributed by atoms with van der Waals surface area (Å²) < 4.78 is 5.15. The number of hydrogen-bond acceptors (Lipinski definition) is 4. The molecule has 0 aliphatic carbocycles. The van der Waals surface area contributed by atoms with Gasteiger partial charge in [0, 0.05) is 26.2 Å². The number of rotatable bonds is 2. The summed E-state index contributed by atoms with van der Waals surface area (Å²) >= 11 is 0. The van der Waals surface area contributed by atoms with Crippen molar-refractivity contribution in [1.82, 2.24) is 19.8 Å². The number of hydrogen-bond donors (Lipinski definition) is 1. The molecule has 1 fully saturated rings. The van der Waals surface area contributed by atoms with Crippen LogP contribution in [0.5, 0.6) is 0 Å². The van der Waals surface area contributed by atoms with Crippen LogP contribution in [-0.2, 0) is 0 Å². The average Bonchev–Trinajstić information content (AvgIpc) is 3.31. The summed E-state index contributed by atoms with van der Waals surface area (Å²) in [6.45, 7) is 1.96. The number of aromatic amines is 1. The van der Waals surface area contributed by atoms with Crippen LogP contribution in [0.4, 0.5) is 0 Å². The number of aromatic nitrogens is 2. The lowest BCUT2D eigenvalue weighted by atomic mass is 10.1. The molecule has 4 rings (SSSR count). The lowest BCUT2D eigenvalue weighted by Gasteiger charge is -2.34. The first-order valence-corrected chi connectivity index (χ1v) is 7.78. The van der Waals surface area contributed by atoms with Gasteiger partial charge in [-0.2, -0.15) is 0 Å². The molecule has 0 radical (unpaired) electrons. The minimum Gasteiger partial charge on any atom is -0.459 e.